The van der Waals surface area contributed by atoms with Crippen LogP contribution in [0.25, 0.3) is 11.2 Å². The van der Waals surface area contributed by atoms with Crippen LogP contribution in [-0.4, -0.2) is 26.6 Å². The second kappa shape index (κ2) is 5.20. The highest BCUT2D eigenvalue weighted by Crippen LogP contribution is 2.45. The lowest BCUT2D eigenvalue weighted by atomic mass is 9.67. The van der Waals surface area contributed by atoms with Crippen LogP contribution in [0.5, 0.6) is 5.88 Å². The van der Waals surface area contributed by atoms with Gasteiger partial charge in [0.25, 0.3) is 0 Å². The van der Waals surface area contributed by atoms with Gasteiger partial charge in [0.15, 0.2) is 11.2 Å². The summed E-state index contributed by atoms with van der Waals surface area (Å²) in [6.07, 6.45) is 6.56. The number of fused-ring (bicyclic) bond motifs is 1. The maximum Gasteiger partial charge on any atom is 0.245 e. The number of methoxy groups -OCH3 is 1. The number of halogens is 1. The Kier molecular flexibility index (Phi) is 3.54. The first-order valence-electron chi connectivity index (χ1n) is 7.03. The maximum absolute atomic E-state index is 6.06. The Morgan fingerprint density at radius 2 is 2.20 bits per heavy atom. The molecule has 0 aliphatic heterocycles. The molecule has 5 nitrogen and oxygen atoms in total. The van der Waals surface area contributed by atoms with Crippen molar-refractivity contribution >= 4 is 22.8 Å². The SMILES string of the molecule is CCC1(Cn2c(CCl)nc3c(OC)ncnc32)CCC1. The zero-order chi connectivity index (χ0) is 14.2. The lowest BCUT2D eigenvalue weighted by molar-refractivity contribution is 0.101. The lowest BCUT2D eigenvalue weighted by Gasteiger charge is -2.41. The van der Waals surface area contributed by atoms with E-state index in [-0.39, 0.29) is 0 Å². The molecule has 0 bridgehead atoms. The van der Waals surface area contributed by atoms with Crippen molar-refractivity contribution < 1.29 is 4.74 Å². The maximum atomic E-state index is 6.06. The molecule has 1 saturated carbocycles. The summed E-state index contributed by atoms with van der Waals surface area (Å²) in [4.78, 5) is 13.1. The molecular formula is C14H19ClN4O. The normalized spacial score (nSPS) is 17.1. The number of hydrogen-bond donors (Lipinski definition) is 0. The monoisotopic (exact) mass is 294 g/mol. The first-order chi connectivity index (χ1) is 9.73. The first-order valence-corrected chi connectivity index (χ1v) is 7.56. The third kappa shape index (κ3) is 2.04. The Morgan fingerprint density at radius 3 is 2.75 bits per heavy atom. The first kappa shape index (κ1) is 13.6. The summed E-state index contributed by atoms with van der Waals surface area (Å²) in [5.41, 5.74) is 1.91. The van der Waals surface area contributed by atoms with Gasteiger partial charge in [0.05, 0.1) is 13.0 Å². The molecule has 2 aromatic heterocycles. The van der Waals surface area contributed by atoms with Crippen molar-refractivity contribution in [1.29, 1.82) is 0 Å². The summed E-state index contributed by atoms with van der Waals surface area (Å²) in [6.45, 7) is 3.19. The standard InChI is InChI=1S/C14H19ClN4O/c1-3-14(5-4-6-14)8-19-10(7-15)18-11-12(19)16-9-17-13(11)20-2/h9H,3-8H2,1-2H3. The molecule has 1 aliphatic carbocycles. The van der Waals surface area contributed by atoms with Gasteiger partial charge in [-0.25, -0.2) is 9.97 Å². The Bertz CT molecular complexity index is 615. The van der Waals surface area contributed by atoms with Gasteiger partial charge in [-0.05, 0) is 24.7 Å². The molecule has 6 heteroatoms. The highest BCUT2D eigenvalue weighted by Gasteiger charge is 2.36. The van der Waals surface area contributed by atoms with Gasteiger partial charge in [-0.2, -0.15) is 4.98 Å². The average molecular weight is 295 g/mol. The fraction of sp³-hybridized carbons (Fsp3) is 0.643. The van der Waals surface area contributed by atoms with E-state index in [0.29, 0.717) is 22.7 Å². The van der Waals surface area contributed by atoms with E-state index in [4.69, 9.17) is 16.3 Å². The van der Waals surface area contributed by atoms with Crippen LogP contribution in [0.3, 0.4) is 0 Å². The van der Waals surface area contributed by atoms with E-state index >= 15 is 0 Å². The smallest absolute Gasteiger partial charge is 0.245 e. The molecule has 108 valence electrons. The highest BCUT2D eigenvalue weighted by atomic mass is 35.5. The number of imidazole rings is 1. The predicted molar refractivity (Wildman–Crippen MR) is 78.0 cm³/mol. The van der Waals surface area contributed by atoms with Crippen molar-refractivity contribution in [2.24, 2.45) is 5.41 Å². The molecule has 2 aromatic rings. The Balaban J connectivity index is 2.08. The predicted octanol–water partition coefficient (Wildman–Crippen LogP) is 3.15. The third-order valence-corrected chi connectivity index (χ3v) is 4.79. The van der Waals surface area contributed by atoms with E-state index in [0.717, 1.165) is 18.0 Å². The lowest BCUT2D eigenvalue weighted by Crippen LogP contribution is -2.34. The van der Waals surface area contributed by atoms with Crippen LogP contribution in [0.1, 0.15) is 38.4 Å². The molecule has 0 spiro atoms. The molecule has 1 aliphatic rings. The topological polar surface area (TPSA) is 52.8 Å². The van der Waals surface area contributed by atoms with Crippen LogP contribution in [0, 0.1) is 5.41 Å². The van der Waals surface area contributed by atoms with Crippen molar-refractivity contribution in [3.63, 3.8) is 0 Å². The molecule has 0 N–H and O–H groups in total. The van der Waals surface area contributed by atoms with Crippen LogP contribution in [0.2, 0.25) is 0 Å². The second-order valence-electron chi connectivity index (χ2n) is 5.51. The van der Waals surface area contributed by atoms with Crippen LogP contribution in [0.15, 0.2) is 6.33 Å². The molecule has 0 atom stereocenters. The molecule has 0 amide bonds. The minimum atomic E-state index is 0.374. The molecule has 0 radical (unpaired) electrons. The minimum absolute atomic E-state index is 0.374. The van der Waals surface area contributed by atoms with Gasteiger partial charge >= 0.3 is 0 Å². The molecule has 0 unspecified atom stereocenters. The second-order valence-corrected chi connectivity index (χ2v) is 5.78. The zero-order valence-corrected chi connectivity index (χ0v) is 12.7. The number of rotatable bonds is 5. The van der Waals surface area contributed by atoms with E-state index in [1.807, 2.05) is 0 Å². The number of aromatic nitrogens is 4. The minimum Gasteiger partial charge on any atom is -0.479 e. The van der Waals surface area contributed by atoms with Crippen LogP contribution >= 0.6 is 11.6 Å². The van der Waals surface area contributed by atoms with Gasteiger partial charge in [-0.3, -0.25) is 0 Å². The van der Waals surface area contributed by atoms with Gasteiger partial charge in [0.1, 0.15) is 12.2 Å². The molecular weight excluding hydrogens is 276 g/mol. The number of ether oxygens (including phenoxy) is 1. The van der Waals surface area contributed by atoms with E-state index in [1.165, 1.54) is 32.0 Å². The summed E-state index contributed by atoms with van der Waals surface area (Å²) >= 11 is 6.06. The number of hydrogen-bond acceptors (Lipinski definition) is 4. The fourth-order valence-electron chi connectivity index (χ4n) is 3.01. The molecule has 3 rings (SSSR count). The highest BCUT2D eigenvalue weighted by molar-refractivity contribution is 6.16. The van der Waals surface area contributed by atoms with Crippen molar-refractivity contribution in [3.05, 3.63) is 12.2 Å². The van der Waals surface area contributed by atoms with E-state index < -0.39 is 0 Å². The average Bonchev–Trinajstić information content (AvgIpc) is 2.80. The van der Waals surface area contributed by atoms with Crippen molar-refractivity contribution in [3.8, 4) is 5.88 Å². The Labute approximate surface area is 123 Å². The summed E-state index contributed by atoms with van der Waals surface area (Å²) in [5.74, 6) is 1.73. The largest absolute Gasteiger partial charge is 0.479 e. The zero-order valence-electron chi connectivity index (χ0n) is 11.9. The van der Waals surface area contributed by atoms with E-state index in [2.05, 4.69) is 26.4 Å². The molecule has 1 fully saturated rings. The molecule has 20 heavy (non-hydrogen) atoms. The van der Waals surface area contributed by atoms with Gasteiger partial charge in [-0.1, -0.05) is 13.3 Å². The quantitative estimate of drug-likeness (QED) is 0.795. The van der Waals surface area contributed by atoms with Crippen molar-refractivity contribution in [2.75, 3.05) is 7.11 Å². The van der Waals surface area contributed by atoms with Crippen LogP contribution in [0.4, 0.5) is 0 Å². The summed E-state index contributed by atoms with van der Waals surface area (Å²) in [5, 5.41) is 0. The van der Waals surface area contributed by atoms with Crippen molar-refractivity contribution in [2.45, 2.75) is 45.0 Å². The van der Waals surface area contributed by atoms with E-state index in [1.54, 1.807) is 7.11 Å². The van der Waals surface area contributed by atoms with Crippen molar-refractivity contribution in [1.82, 2.24) is 19.5 Å². The number of alkyl halides is 1. The third-order valence-electron chi connectivity index (χ3n) is 4.55. The summed E-state index contributed by atoms with van der Waals surface area (Å²) in [7, 11) is 1.60. The number of nitrogens with zero attached hydrogens (tertiary/aromatic N) is 4. The summed E-state index contributed by atoms with van der Waals surface area (Å²) < 4.78 is 7.42. The Morgan fingerprint density at radius 1 is 1.40 bits per heavy atom. The molecule has 0 saturated heterocycles. The van der Waals surface area contributed by atoms with Gasteiger partial charge in [0.2, 0.25) is 5.88 Å². The van der Waals surface area contributed by atoms with Gasteiger partial charge in [0, 0.05) is 6.54 Å². The van der Waals surface area contributed by atoms with E-state index in [9.17, 15) is 0 Å². The Hall–Kier alpha value is -1.36. The van der Waals surface area contributed by atoms with Crippen LogP contribution < -0.4 is 4.74 Å². The van der Waals surface area contributed by atoms with Gasteiger partial charge < -0.3 is 9.30 Å². The fourth-order valence-corrected chi connectivity index (χ4v) is 3.22. The summed E-state index contributed by atoms with van der Waals surface area (Å²) in [6, 6.07) is 0. The molecule has 0 aromatic carbocycles. The molecule has 2 heterocycles. The van der Waals surface area contributed by atoms with Crippen LogP contribution in [-0.2, 0) is 12.4 Å². The van der Waals surface area contributed by atoms with Gasteiger partial charge in [-0.15, -0.1) is 11.6 Å².